The van der Waals surface area contributed by atoms with Crippen LogP contribution in [0.2, 0.25) is 0 Å². The first-order valence-electron chi connectivity index (χ1n) is 12.9. The van der Waals surface area contributed by atoms with Crippen molar-refractivity contribution in [1.82, 2.24) is 24.8 Å². The smallest absolute Gasteiger partial charge is 0.319 e. The first-order chi connectivity index (χ1) is 18.9. The Bertz CT molecular complexity index is 1440. The first-order valence-corrected chi connectivity index (χ1v) is 12.9. The van der Waals surface area contributed by atoms with E-state index in [2.05, 4.69) is 32.5 Å². The van der Waals surface area contributed by atoms with Crippen molar-refractivity contribution >= 4 is 22.6 Å². The third-order valence-corrected chi connectivity index (χ3v) is 7.42. The number of nitrogens with zero attached hydrogens (tertiary/aromatic N) is 7. The molecule has 39 heavy (non-hydrogen) atoms. The molecular weight excluding hydrogens is 504 g/mol. The van der Waals surface area contributed by atoms with E-state index in [0.717, 1.165) is 19.4 Å². The van der Waals surface area contributed by atoms with Gasteiger partial charge in [-0.15, -0.1) is 0 Å². The molecule has 202 valence electrons. The minimum Gasteiger partial charge on any atom is -0.462 e. The van der Waals surface area contributed by atoms with E-state index >= 15 is 4.39 Å². The van der Waals surface area contributed by atoms with Gasteiger partial charge in [0, 0.05) is 37.4 Å². The Kier molecular flexibility index (Phi) is 7.65. The second-order valence-corrected chi connectivity index (χ2v) is 9.78. The SMILES string of the molecule is C=CC(=O)N1CCN(c2nc(OCC3CCCN3C)nc3c(F)c(-c4ccccc4F)ncc23)C[C@@H]1CC#N. The molecule has 3 aromatic rings. The molecule has 9 nitrogen and oxygen atoms in total. The van der Waals surface area contributed by atoms with E-state index in [-0.39, 0.29) is 41.2 Å². The summed E-state index contributed by atoms with van der Waals surface area (Å²) in [5.41, 5.74) is -0.169. The average Bonchev–Trinajstić information content (AvgIpc) is 3.36. The van der Waals surface area contributed by atoms with Gasteiger partial charge in [-0.25, -0.2) is 8.78 Å². The molecule has 4 heterocycles. The van der Waals surface area contributed by atoms with Crippen molar-refractivity contribution in [2.75, 3.05) is 44.7 Å². The van der Waals surface area contributed by atoms with Crippen LogP contribution >= 0.6 is 0 Å². The topological polar surface area (TPSA) is 98.5 Å². The van der Waals surface area contributed by atoms with Crippen LogP contribution in [0.25, 0.3) is 22.2 Å². The number of aromatic nitrogens is 3. The number of likely N-dealkylation sites (tertiary alicyclic amines) is 1. The van der Waals surface area contributed by atoms with Gasteiger partial charge in [-0.1, -0.05) is 18.7 Å². The van der Waals surface area contributed by atoms with Gasteiger partial charge in [0.15, 0.2) is 5.82 Å². The number of ether oxygens (including phenoxy) is 1. The fraction of sp³-hybridized carbons (Fsp3) is 0.393. The molecule has 0 aliphatic carbocycles. The standard InChI is InChI=1S/C28H29F2N7O2/c1-3-23(38)37-14-13-36(16-18(37)10-11-31)27-21-15-32-25(20-8-4-5-9-22(20)29)24(30)26(21)33-28(34-27)39-17-19-7-6-12-35(19)2/h3-5,8-9,15,18-19H,1,6-7,10,12-14,16-17H2,2H3/t18-,19?/m0/s1. The number of anilines is 1. The van der Waals surface area contributed by atoms with Crippen LogP contribution in [0.4, 0.5) is 14.6 Å². The second kappa shape index (κ2) is 11.3. The normalized spacial score (nSPS) is 19.7. The van der Waals surface area contributed by atoms with Gasteiger partial charge in [0.25, 0.3) is 0 Å². The fourth-order valence-electron chi connectivity index (χ4n) is 5.26. The molecule has 2 aliphatic rings. The third-order valence-electron chi connectivity index (χ3n) is 7.42. The summed E-state index contributed by atoms with van der Waals surface area (Å²) >= 11 is 0. The molecule has 2 atom stereocenters. The van der Waals surface area contributed by atoms with Crippen molar-refractivity contribution in [3.63, 3.8) is 0 Å². The molecule has 0 saturated carbocycles. The number of carbonyl (C=O) groups excluding carboxylic acids is 1. The molecule has 11 heteroatoms. The third kappa shape index (κ3) is 5.25. The molecule has 2 aromatic heterocycles. The zero-order valence-electron chi connectivity index (χ0n) is 21.7. The summed E-state index contributed by atoms with van der Waals surface area (Å²) in [5, 5.41) is 9.71. The quantitative estimate of drug-likeness (QED) is 0.425. The minimum absolute atomic E-state index is 0.00353. The predicted molar refractivity (Wildman–Crippen MR) is 142 cm³/mol. The molecule has 2 saturated heterocycles. The van der Waals surface area contributed by atoms with Gasteiger partial charge in [-0.05, 0) is 44.6 Å². The maximum Gasteiger partial charge on any atom is 0.319 e. The molecule has 2 aliphatic heterocycles. The van der Waals surface area contributed by atoms with E-state index in [1.54, 1.807) is 11.0 Å². The number of pyridine rings is 1. The maximum absolute atomic E-state index is 16.0. The van der Waals surface area contributed by atoms with Crippen molar-refractivity contribution in [2.45, 2.75) is 31.3 Å². The van der Waals surface area contributed by atoms with Crippen molar-refractivity contribution in [1.29, 1.82) is 5.26 Å². The Morgan fingerprint density at radius 2 is 2.05 bits per heavy atom. The summed E-state index contributed by atoms with van der Waals surface area (Å²) in [5.74, 6) is -1.25. The van der Waals surface area contributed by atoms with Crippen molar-refractivity contribution < 1.29 is 18.3 Å². The van der Waals surface area contributed by atoms with Gasteiger partial charge in [0.1, 0.15) is 29.5 Å². The number of rotatable bonds is 7. The van der Waals surface area contributed by atoms with Crippen LogP contribution in [-0.4, -0.2) is 82.6 Å². The van der Waals surface area contributed by atoms with E-state index < -0.39 is 17.7 Å². The van der Waals surface area contributed by atoms with E-state index in [0.29, 0.717) is 37.4 Å². The lowest BCUT2D eigenvalue weighted by molar-refractivity contribution is -0.128. The highest BCUT2D eigenvalue weighted by Crippen LogP contribution is 2.34. The van der Waals surface area contributed by atoms with Crippen LogP contribution in [-0.2, 0) is 4.79 Å². The molecule has 0 radical (unpaired) electrons. The summed E-state index contributed by atoms with van der Waals surface area (Å²) in [4.78, 5) is 31.4. The van der Waals surface area contributed by atoms with Gasteiger partial charge >= 0.3 is 6.01 Å². The number of carbonyl (C=O) groups is 1. The summed E-state index contributed by atoms with van der Waals surface area (Å²) in [6.07, 6.45) is 4.82. The monoisotopic (exact) mass is 533 g/mol. The summed E-state index contributed by atoms with van der Waals surface area (Å²) in [6.45, 7) is 5.88. The lowest BCUT2D eigenvalue weighted by Gasteiger charge is -2.41. The Labute approximate surface area is 225 Å². The lowest BCUT2D eigenvalue weighted by atomic mass is 10.1. The van der Waals surface area contributed by atoms with E-state index in [4.69, 9.17) is 4.74 Å². The first kappa shape index (κ1) is 26.4. The van der Waals surface area contributed by atoms with Gasteiger partial charge < -0.3 is 19.4 Å². The molecule has 1 unspecified atom stereocenters. The molecule has 0 bridgehead atoms. The van der Waals surface area contributed by atoms with Gasteiger partial charge in [-0.3, -0.25) is 9.78 Å². The van der Waals surface area contributed by atoms with Crippen LogP contribution in [0, 0.1) is 23.0 Å². The second-order valence-electron chi connectivity index (χ2n) is 9.78. The Morgan fingerprint density at radius 3 is 2.77 bits per heavy atom. The summed E-state index contributed by atoms with van der Waals surface area (Å²) < 4.78 is 36.5. The van der Waals surface area contributed by atoms with Crippen LogP contribution < -0.4 is 9.64 Å². The van der Waals surface area contributed by atoms with E-state index in [1.807, 2.05) is 11.9 Å². The van der Waals surface area contributed by atoms with Crippen LogP contribution in [0.1, 0.15) is 19.3 Å². The number of hydrogen-bond donors (Lipinski definition) is 0. The highest BCUT2D eigenvalue weighted by atomic mass is 19.1. The zero-order valence-corrected chi connectivity index (χ0v) is 21.7. The molecule has 0 spiro atoms. The Morgan fingerprint density at radius 1 is 1.23 bits per heavy atom. The van der Waals surface area contributed by atoms with E-state index in [9.17, 15) is 14.4 Å². The number of benzene rings is 1. The highest BCUT2D eigenvalue weighted by molar-refractivity contribution is 5.92. The fourth-order valence-corrected chi connectivity index (χ4v) is 5.26. The van der Waals surface area contributed by atoms with Gasteiger partial charge in [-0.2, -0.15) is 15.2 Å². The molecule has 0 N–H and O–H groups in total. The summed E-state index contributed by atoms with van der Waals surface area (Å²) in [6, 6.07) is 7.77. The molecule has 5 rings (SSSR count). The lowest BCUT2D eigenvalue weighted by Crippen LogP contribution is -2.55. The predicted octanol–water partition coefficient (Wildman–Crippen LogP) is 3.56. The van der Waals surface area contributed by atoms with Crippen LogP contribution in [0.3, 0.4) is 0 Å². The van der Waals surface area contributed by atoms with Gasteiger partial charge in [0.05, 0.1) is 23.9 Å². The number of hydrogen-bond acceptors (Lipinski definition) is 8. The Hall–Kier alpha value is -4.17. The number of amides is 1. The summed E-state index contributed by atoms with van der Waals surface area (Å²) in [7, 11) is 2.03. The average molecular weight is 534 g/mol. The van der Waals surface area contributed by atoms with Gasteiger partial charge in [0.2, 0.25) is 5.91 Å². The molecule has 2 fully saturated rings. The molecule has 1 aromatic carbocycles. The van der Waals surface area contributed by atoms with E-state index in [1.165, 1.54) is 30.5 Å². The molecular formula is C28H29F2N7O2. The molecule has 1 amide bonds. The number of piperazine rings is 1. The number of nitriles is 1. The Balaban J connectivity index is 1.57. The minimum atomic E-state index is -0.780. The highest BCUT2D eigenvalue weighted by Gasteiger charge is 2.32. The number of likely N-dealkylation sites (N-methyl/N-ethyl adjacent to an activating group) is 1. The largest absolute Gasteiger partial charge is 0.462 e. The van der Waals surface area contributed by atoms with Crippen LogP contribution in [0.5, 0.6) is 6.01 Å². The number of halogens is 2. The van der Waals surface area contributed by atoms with Crippen molar-refractivity contribution in [2.24, 2.45) is 0 Å². The van der Waals surface area contributed by atoms with Crippen molar-refractivity contribution in [3.05, 3.63) is 54.8 Å². The van der Waals surface area contributed by atoms with Crippen LogP contribution in [0.15, 0.2) is 43.1 Å². The van der Waals surface area contributed by atoms with Crippen molar-refractivity contribution in [3.8, 4) is 23.3 Å². The zero-order chi connectivity index (χ0) is 27.5. The maximum atomic E-state index is 16.0. The number of fused-ring (bicyclic) bond motifs is 1.